The van der Waals surface area contributed by atoms with Crippen LogP contribution >= 0.6 is 7.82 Å². The molecule has 0 aliphatic heterocycles. The van der Waals surface area contributed by atoms with E-state index in [9.17, 15) is 0 Å². The molecule has 1 atom stereocenters. The van der Waals surface area contributed by atoms with Gasteiger partial charge in [0.15, 0.2) is 0 Å². The van der Waals surface area contributed by atoms with Gasteiger partial charge in [0.2, 0.25) is 0 Å². The Bertz CT molecular complexity index is 423. The molecule has 0 rings (SSSR count). The van der Waals surface area contributed by atoms with Crippen molar-refractivity contribution in [1.82, 2.24) is 0 Å². The summed E-state index contributed by atoms with van der Waals surface area (Å²) in [5.74, 6) is 0.106. The molecule has 0 spiro atoms. The molecular formula is C18H39O12P. The normalized spacial score (nSPS) is 12.2. The van der Waals surface area contributed by atoms with Crippen LogP contribution in [0, 0.1) is 5.92 Å². The van der Waals surface area contributed by atoms with Crippen LogP contribution in [0.5, 0.6) is 0 Å². The van der Waals surface area contributed by atoms with Gasteiger partial charge in [0.25, 0.3) is 0 Å². The predicted molar refractivity (Wildman–Crippen MR) is 109 cm³/mol. The molecule has 0 aromatic heterocycles. The van der Waals surface area contributed by atoms with Crippen LogP contribution < -0.4 is 0 Å². The number of hydrogen-bond acceptors (Lipinski definition) is 9. The summed E-state index contributed by atoms with van der Waals surface area (Å²) in [7, 11) is -3.32. The zero-order chi connectivity index (χ0) is 23.8. The zero-order valence-electron chi connectivity index (χ0n) is 18.7. The van der Waals surface area contributed by atoms with Gasteiger partial charge in [-0.15, -0.1) is 0 Å². The Labute approximate surface area is 184 Å². The Kier molecular flexibility index (Phi) is 25.2. The number of unbranched alkanes of at least 4 members (excludes halogenated alkanes) is 9. The number of phosphoric acid groups is 1. The highest BCUT2D eigenvalue weighted by molar-refractivity contribution is 7.45. The second-order valence-corrected chi connectivity index (χ2v) is 7.72. The smallest absolute Gasteiger partial charge is 0.313 e. The lowest BCUT2D eigenvalue weighted by Gasteiger charge is -2.11. The van der Waals surface area contributed by atoms with Gasteiger partial charge in [-0.25, -0.2) is 14.3 Å². The molecule has 0 aromatic carbocycles. The average Bonchev–Trinajstić information content (AvgIpc) is 2.70. The van der Waals surface area contributed by atoms with Crippen molar-refractivity contribution in [3.05, 3.63) is 12.3 Å². The zero-order valence-corrected chi connectivity index (χ0v) is 19.6. The molecule has 0 aliphatic rings. The van der Waals surface area contributed by atoms with E-state index in [-0.39, 0.29) is 12.5 Å². The lowest BCUT2D eigenvalue weighted by molar-refractivity contribution is -0.709. The summed E-state index contributed by atoms with van der Waals surface area (Å²) < 4.78 is 8.88. The van der Waals surface area contributed by atoms with Crippen molar-refractivity contribution in [2.45, 2.75) is 78.1 Å². The fraction of sp³-hybridized carbons (Fsp3) is 0.889. The highest BCUT2D eigenvalue weighted by Gasteiger charge is 2.11. The quantitative estimate of drug-likeness (QED) is 0.0705. The molecule has 0 bridgehead atoms. The molecule has 0 heterocycles. The first-order chi connectivity index (χ1) is 14.7. The minimum atomic E-state index is -4.64. The van der Waals surface area contributed by atoms with E-state index in [1.807, 2.05) is 0 Å². The summed E-state index contributed by atoms with van der Waals surface area (Å²) in [6.07, 6.45) is 12.6. The van der Waals surface area contributed by atoms with E-state index in [0.717, 1.165) is 12.8 Å². The molecule has 0 aliphatic carbocycles. The Hall–Kier alpha value is -0.630. The van der Waals surface area contributed by atoms with Crippen LogP contribution in [0.15, 0.2) is 12.3 Å². The van der Waals surface area contributed by atoms with Gasteiger partial charge in [-0.2, -0.15) is 4.89 Å². The van der Waals surface area contributed by atoms with E-state index in [1.165, 1.54) is 58.5 Å². The van der Waals surface area contributed by atoms with Crippen LogP contribution in [-0.2, 0) is 44.3 Å². The molecule has 0 amide bonds. The lowest BCUT2D eigenvalue weighted by Crippen LogP contribution is -2.11. The third-order valence-electron chi connectivity index (χ3n) is 3.81. The van der Waals surface area contributed by atoms with Gasteiger partial charge in [-0.1, -0.05) is 78.2 Å². The Morgan fingerprint density at radius 3 is 1.84 bits per heavy atom. The molecule has 0 fully saturated rings. The lowest BCUT2D eigenvalue weighted by atomic mass is 10.1. The molecule has 188 valence electrons. The summed E-state index contributed by atoms with van der Waals surface area (Å²) >= 11 is 0. The fourth-order valence-corrected chi connectivity index (χ4v) is 2.12. The van der Waals surface area contributed by atoms with Crippen LogP contribution in [0.2, 0.25) is 0 Å². The molecule has 1 unspecified atom stereocenters. The van der Waals surface area contributed by atoms with Crippen molar-refractivity contribution in [3.63, 3.8) is 0 Å². The third kappa shape index (κ3) is 34.2. The van der Waals surface area contributed by atoms with E-state index in [4.69, 9.17) is 29.0 Å². The highest BCUT2D eigenvalue weighted by Crippen LogP contribution is 2.25. The van der Waals surface area contributed by atoms with Crippen molar-refractivity contribution < 1.29 is 58.9 Å². The van der Waals surface area contributed by atoms with Crippen molar-refractivity contribution >= 4 is 7.82 Å². The molecule has 13 heteroatoms. The fourth-order valence-electron chi connectivity index (χ4n) is 2.12. The van der Waals surface area contributed by atoms with E-state index in [1.54, 1.807) is 6.92 Å². The molecule has 0 saturated heterocycles. The van der Waals surface area contributed by atoms with Gasteiger partial charge in [-0.05, 0) is 26.6 Å². The SMILES string of the molecule is C=C(OOOC)C(C)COOOOOCCCCCCCCCCCC.O=P(O)(O)O. The van der Waals surface area contributed by atoms with Crippen molar-refractivity contribution in [1.29, 1.82) is 0 Å². The number of rotatable bonds is 21. The second-order valence-electron chi connectivity index (χ2n) is 6.69. The van der Waals surface area contributed by atoms with Crippen molar-refractivity contribution in [3.8, 4) is 0 Å². The monoisotopic (exact) mass is 478 g/mol. The van der Waals surface area contributed by atoms with E-state index in [0.29, 0.717) is 12.4 Å². The topological polar surface area (TPSA) is 152 Å². The molecule has 0 radical (unpaired) electrons. The third-order valence-corrected chi connectivity index (χ3v) is 3.81. The summed E-state index contributed by atoms with van der Waals surface area (Å²) in [5, 5.41) is 17.3. The average molecular weight is 478 g/mol. The van der Waals surface area contributed by atoms with Crippen LogP contribution in [0.3, 0.4) is 0 Å². The first-order valence-electron chi connectivity index (χ1n) is 10.3. The molecule has 3 N–H and O–H groups in total. The minimum Gasteiger partial charge on any atom is -0.313 e. The first kappa shape index (κ1) is 32.5. The standard InChI is InChI=1S/C18H36O8.H3O4P/c1-5-6-7-8-9-10-11-12-13-14-15-20-24-26-25-21-16-17(2)18(3)22-23-19-4;1-5(2,3)4/h17H,3,5-16H2,1-2,4H3;(H3,1,2,3,4). The Balaban J connectivity index is 0. The molecule has 31 heavy (non-hydrogen) atoms. The van der Waals surface area contributed by atoms with E-state index >= 15 is 0 Å². The minimum absolute atomic E-state index is 0.119. The molecule has 0 saturated carbocycles. The van der Waals surface area contributed by atoms with Gasteiger partial charge in [0.05, 0.1) is 20.3 Å². The van der Waals surface area contributed by atoms with E-state index in [2.05, 4.69) is 43.4 Å². The highest BCUT2D eigenvalue weighted by atomic mass is 31.2. The first-order valence-corrected chi connectivity index (χ1v) is 11.9. The summed E-state index contributed by atoms with van der Waals surface area (Å²) in [6, 6.07) is 0. The molecule has 0 aromatic rings. The van der Waals surface area contributed by atoms with Crippen LogP contribution in [-0.4, -0.2) is 35.0 Å². The van der Waals surface area contributed by atoms with Gasteiger partial charge < -0.3 is 19.6 Å². The maximum Gasteiger partial charge on any atom is 0.466 e. The predicted octanol–water partition coefficient (Wildman–Crippen LogP) is 4.38. The second kappa shape index (κ2) is 24.0. The largest absolute Gasteiger partial charge is 0.466 e. The van der Waals surface area contributed by atoms with Crippen molar-refractivity contribution in [2.75, 3.05) is 20.3 Å². The van der Waals surface area contributed by atoms with Gasteiger partial charge in [0, 0.05) is 5.92 Å². The van der Waals surface area contributed by atoms with Gasteiger partial charge in [-0.3, -0.25) is 0 Å². The summed E-state index contributed by atoms with van der Waals surface area (Å²) in [5.41, 5.74) is 0. The van der Waals surface area contributed by atoms with Gasteiger partial charge >= 0.3 is 7.82 Å². The van der Waals surface area contributed by atoms with Gasteiger partial charge in [0.1, 0.15) is 5.76 Å². The summed E-state index contributed by atoms with van der Waals surface area (Å²) in [6.45, 7) is 8.21. The maximum atomic E-state index is 8.88. The van der Waals surface area contributed by atoms with Crippen LogP contribution in [0.1, 0.15) is 78.1 Å². The van der Waals surface area contributed by atoms with Crippen molar-refractivity contribution in [2.24, 2.45) is 5.92 Å². The Morgan fingerprint density at radius 2 is 1.32 bits per heavy atom. The van der Waals surface area contributed by atoms with Crippen LogP contribution in [0.25, 0.3) is 0 Å². The van der Waals surface area contributed by atoms with E-state index < -0.39 is 7.82 Å². The summed E-state index contributed by atoms with van der Waals surface area (Å²) in [4.78, 5) is 40.1. The molecule has 12 nitrogen and oxygen atoms in total. The Morgan fingerprint density at radius 1 is 0.839 bits per heavy atom. The molecular weight excluding hydrogens is 439 g/mol. The maximum absolute atomic E-state index is 8.88. The number of hydrogen-bond donors (Lipinski definition) is 3. The van der Waals surface area contributed by atoms with Crippen LogP contribution in [0.4, 0.5) is 0 Å².